The minimum absolute atomic E-state index is 0.0284. The number of aryl methyl sites for hydroxylation is 1. The fourth-order valence-corrected chi connectivity index (χ4v) is 0.955. The van der Waals surface area contributed by atoms with E-state index in [0.29, 0.717) is 5.56 Å². The second-order valence-corrected chi connectivity index (χ2v) is 2.59. The summed E-state index contributed by atoms with van der Waals surface area (Å²) in [5, 5.41) is 9.39. The van der Waals surface area contributed by atoms with Crippen molar-refractivity contribution in [2.45, 2.75) is 13.8 Å². The lowest BCUT2D eigenvalue weighted by molar-refractivity contribution is 0.0591. The van der Waals surface area contributed by atoms with E-state index in [1.807, 2.05) is 0 Å². The highest BCUT2D eigenvalue weighted by Gasteiger charge is 2.17. The van der Waals surface area contributed by atoms with Crippen molar-refractivity contribution in [3.8, 4) is 5.75 Å². The first kappa shape index (κ1) is 8.64. The predicted molar refractivity (Wildman–Crippen MR) is 43.3 cm³/mol. The molecule has 1 aromatic heterocycles. The van der Waals surface area contributed by atoms with Crippen molar-refractivity contribution in [1.29, 1.82) is 0 Å². The van der Waals surface area contributed by atoms with Gasteiger partial charge in [-0.15, -0.1) is 0 Å². The van der Waals surface area contributed by atoms with Crippen LogP contribution in [0.3, 0.4) is 0 Å². The lowest BCUT2D eigenvalue weighted by atomic mass is 10.2. The predicted octanol–water partition coefficient (Wildman–Crippen LogP) is 1.12. The van der Waals surface area contributed by atoms with Crippen LogP contribution in [0.15, 0.2) is 0 Å². The molecule has 0 radical (unpaired) electrons. The number of carbonyl (C=O) groups excluding carboxylic acids is 1. The van der Waals surface area contributed by atoms with Crippen LogP contribution in [-0.2, 0) is 4.74 Å². The number of nitrogens with one attached hydrogen (secondary N) is 1. The molecule has 0 aliphatic heterocycles. The van der Waals surface area contributed by atoms with Crippen LogP contribution in [-0.4, -0.2) is 23.2 Å². The van der Waals surface area contributed by atoms with Gasteiger partial charge in [0.05, 0.1) is 7.11 Å². The highest BCUT2D eigenvalue weighted by Crippen LogP contribution is 2.24. The van der Waals surface area contributed by atoms with Crippen LogP contribution in [0.25, 0.3) is 0 Å². The summed E-state index contributed by atoms with van der Waals surface area (Å²) < 4.78 is 4.46. The zero-order valence-electron chi connectivity index (χ0n) is 7.26. The zero-order chi connectivity index (χ0) is 9.30. The molecule has 0 spiro atoms. The quantitative estimate of drug-likeness (QED) is 0.619. The molecule has 12 heavy (non-hydrogen) atoms. The second-order valence-electron chi connectivity index (χ2n) is 2.59. The number of rotatable bonds is 1. The number of aromatic hydroxyl groups is 1. The number of methoxy groups -OCH3 is 1. The van der Waals surface area contributed by atoms with Gasteiger partial charge in [-0.3, -0.25) is 0 Å². The van der Waals surface area contributed by atoms with Gasteiger partial charge in [-0.25, -0.2) is 4.79 Å². The number of H-pyrrole nitrogens is 1. The molecule has 0 aliphatic carbocycles. The van der Waals surface area contributed by atoms with Crippen LogP contribution < -0.4 is 0 Å². The summed E-state index contributed by atoms with van der Waals surface area (Å²) in [6.07, 6.45) is 0. The van der Waals surface area contributed by atoms with Crippen LogP contribution in [0.1, 0.15) is 21.7 Å². The minimum Gasteiger partial charge on any atom is -0.505 e. The number of hydrogen-bond acceptors (Lipinski definition) is 3. The third kappa shape index (κ3) is 1.15. The third-order valence-electron chi connectivity index (χ3n) is 1.86. The molecular formula is C8H11NO3. The van der Waals surface area contributed by atoms with Gasteiger partial charge in [0.15, 0.2) is 11.4 Å². The smallest absolute Gasteiger partial charge is 0.358 e. The molecule has 0 amide bonds. The van der Waals surface area contributed by atoms with Gasteiger partial charge >= 0.3 is 5.97 Å². The Morgan fingerprint density at radius 1 is 1.50 bits per heavy atom. The first-order valence-corrected chi connectivity index (χ1v) is 3.54. The first-order chi connectivity index (χ1) is 5.57. The van der Waals surface area contributed by atoms with Crippen molar-refractivity contribution in [2.24, 2.45) is 0 Å². The Hall–Kier alpha value is -1.45. The number of aromatic amines is 1. The van der Waals surface area contributed by atoms with E-state index in [2.05, 4.69) is 9.72 Å². The highest BCUT2D eigenvalue weighted by atomic mass is 16.5. The number of hydrogen-bond donors (Lipinski definition) is 2. The molecule has 0 bridgehead atoms. The van der Waals surface area contributed by atoms with Gasteiger partial charge in [0.2, 0.25) is 0 Å². The van der Waals surface area contributed by atoms with E-state index in [9.17, 15) is 9.90 Å². The third-order valence-corrected chi connectivity index (χ3v) is 1.86. The molecule has 1 aromatic rings. The minimum atomic E-state index is -0.552. The van der Waals surface area contributed by atoms with Crippen molar-refractivity contribution in [2.75, 3.05) is 7.11 Å². The Kier molecular flexibility index (Phi) is 2.08. The van der Waals surface area contributed by atoms with Crippen LogP contribution in [0.4, 0.5) is 0 Å². The topological polar surface area (TPSA) is 62.3 Å². The van der Waals surface area contributed by atoms with Gasteiger partial charge in [0.1, 0.15) is 0 Å². The van der Waals surface area contributed by atoms with Crippen LogP contribution in [0.5, 0.6) is 5.75 Å². The Labute approximate surface area is 70.2 Å². The van der Waals surface area contributed by atoms with Crippen molar-refractivity contribution in [3.63, 3.8) is 0 Å². The maximum atomic E-state index is 11.0. The maximum Gasteiger partial charge on any atom is 0.358 e. The lowest BCUT2D eigenvalue weighted by Crippen LogP contribution is -2.01. The zero-order valence-corrected chi connectivity index (χ0v) is 7.26. The summed E-state index contributed by atoms with van der Waals surface area (Å²) >= 11 is 0. The molecule has 0 atom stereocenters. The van der Waals surface area contributed by atoms with Gasteiger partial charge in [-0.05, 0) is 13.8 Å². The Morgan fingerprint density at radius 2 is 2.08 bits per heavy atom. The van der Waals surface area contributed by atoms with E-state index in [0.717, 1.165) is 5.69 Å². The van der Waals surface area contributed by atoms with Gasteiger partial charge in [-0.1, -0.05) is 0 Å². The van der Waals surface area contributed by atoms with Crippen LogP contribution in [0.2, 0.25) is 0 Å². The van der Waals surface area contributed by atoms with E-state index in [1.165, 1.54) is 7.11 Å². The summed E-state index contributed by atoms with van der Waals surface area (Å²) in [5.41, 5.74) is 1.57. The van der Waals surface area contributed by atoms with Gasteiger partial charge in [0.25, 0.3) is 0 Å². The SMILES string of the molecule is COC(=O)c1[nH]c(C)c(C)c1O. The number of carbonyl (C=O) groups is 1. The van der Waals surface area contributed by atoms with Crippen molar-refractivity contribution in [1.82, 2.24) is 4.98 Å². The van der Waals surface area contributed by atoms with E-state index >= 15 is 0 Å². The molecule has 4 heteroatoms. The van der Waals surface area contributed by atoms with E-state index in [-0.39, 0.29) is 11.4 Å². The average molecular weight is 169 g/mol. The maximum absolute atomic E-state index is 11.0. The normalized spacial score (nSPS) is 9.92. The molecule has 0 saturated heterocycles. The van der Waals surface area contributed by atoms with E-state index < -0.39 is 5.97 Å². The number of ether oxygens (including phenoxy) is 1. The monoisotopic (exact) mass is 169 g/mol. The van der Waals surface area contributed by atoms with E-state index in [1.54, 1.807) is 13.8 Å². The van der Waals surface area contributed by atoms with Gasteiger partial charge in [-0.2, -0.15) is 0 Å². The summed E-state index contributed by atoms with van der Waals surface area (Å²) in [5.74, 6) is -0.581. The summed E-state index contributed by atoms with van der Waals surface area (Å²) in [7, 11) is 1.27. The fraction of sp³-hybridized carbons (Fsp3) is 0.375. The lowest BCUT2D eigenvalue weighted by Gasteiger charge is -1.95. The molecule has 1 heterocycles. The second kappa shape index (κ2) is 2.89. The van der Waals surface area contributed by atoms with Crippen molar-refractivity contribution < 1.29 is 14.6 Å². The number of esters is 1. The van der Waals surface area contributed by atoms with Crippen molar-refractivity contribution in [3.05, 3.63) is 17.0 Å². The average Bonchev–Trinajstić information content (AvgIpc) is 2.32. The van der Waals surface area contributed by atoms with E-state index in [4.69, 9.17) is 0 Å². The highest BCUT2D eigenvalue weighted by molar-refractivity contribution is 5.91. The molecular weight excluding hydrogens is 158 g/mol. The standard InChI is InChI=1S/C8H11NO3/c1-4-5(2)9-6(7(4)10)8(11)12-3/h9-10H,1-3H3. The molecule has 4 nitrogen and oxygen atoms in total. The number of aromatic nitrogens is 1. The molecule has 2 N–H and O–H groups in total. The molecule has 0 unspecified atom stereocenters. The summed E-state index contributed by atoms with van der Waals surface area (Å²) in [4.78, 5) is 13.7. The Bertz CT molecular complexity index is 314. The van der Waals surface area contributed by atoms with Crippen LogP contribution >= 0.6 is 0 Å². The van der Waals surface area contributed by atoms with Crippen molar-refractivity contribution >= 4 is 5.97 Å². The van der Waals surface area contributed by atoms with Crippen LogP contribution in [0, 0.1) is 13.8 Å². The van der Waals surface area contributed by atoms with Gasteiger partial charge in [0, 0.05) is 11.3 Å². The Balaban J connectivity index is 3.17. The largest absolute Gasteiger partial charge is 0.505 e. The summed E-state index contributed by atoms with van der Waals surface area (Å²) in [6.45, 7) is 3.51. The molecule has 1 rings (SSSR count). The van der Waals surface area contributed by atoms with Gasteiger partial charge < -0.3 is 14.8 Å². The first-order valence-electron chi connectivity index (χ1n) is 3.54. The molecule has 66 valence electrons. The molecule has 0 saturated carbocycles. The Morgan fingerprint density at radius 3 is 2.42 bits per heavy atom. The molecule has 0 aromatic carbocycles. The summed E-state index contributed by atoms with van der Waals surface area (Å²) in [6, 6.07) is 0. The fourth-order valence-electron chi connectivity index (χ4n) is 0.955. The molecule has 0 fully saturated rings. The molecule has 0 aliphatic rings.